The van der Waals surface area contributed by atoms with Gasteiger partial charge in [-0.2, -0.15) is 0 Å². The van der Waals surface area contributed by atoms with Crippen molar-refractivity contribution in [3.8, 4) is 5.75 Å². The first-order valence-corrected chi connectivity index (χ1v) is 8.84. The number of thiophene rings is 1. The summed E-state index contributed by atoms with van der Waals surface area (Å²) in [5.74, 6) is 0.558. The largest absolute Gasteiger partial charge is 0.496 e. The van der Waals surface area contributed by atoms with Gasteiger partial charge in [0, 0.05) is 38.3 Å². The third kappa shape index (κ3) is 3.60. The van der Waals surface area contributed by atoms with Crippen LogP contribution in [0.2, 0.25) is 0 Å². The predicted octanol–water partition coefficient (Wildman–Crippen LogP) is 3.16. The van der Waals surface area contributed by atoms with Gasteiger partial charge in [0.15, 0.2) is 0 Å². The molecule has 6 heteroatoms. The molecule has 2 aromatic rings. The van der Waals surface area contributed by atoms with Crippen molar-refractivity contribution < 1.29 is 13.9 Å². The highest BCUT2D eigenvalue weighted by molar-refractivity contribution is 7.12. The minimum Gasteiger partial charge on any atom is -0.496 e. The Morgan fingerprint density at radius 2 is 2.00 bits per heavy atom. The van der Waals surface area contributed by atoms with Gasteiger partial charge in [0.25, 0.3) is 5.91 Å². The van der Waals surface area contributed by atoms with E-state index in [2.05, 4.69) is 4.90 Å². The molecule has 3 rings (SSSR count). The summed E-state index contributed by atoms with van der Waals surface area (Å²) in [6.07, 6.45) is 0. The van der Waals surface area contributed by atoms with Gasteiger partial charge in [-0.1, -0.05) is 0 Å². The zero-order valence-corrected chi connectivity index (χ0v) is 14.7. The van der Waals surface area contributed by atoms with Crippen LogP contribution in [0.15, 0.2) is 29.6 Å². The van der Waals surface area contributed by atoms with Gasteiger partial charge in [0.2, 0.25) is 0 Å². The molecule has 0 spiro atoms. The highest BCUT2D eigenvalue weighted by atomic mass is 32.1. The van der Waals surface area contributed by atoms with E-state index in [-0.39, 0.29) is 11.7 Å². The van der Waals surface area contributed by atoms with Gasteiger partial charge in [0.05, 0.1) is 12.0 Å². The molecule has 1 aliphatic heterocycles. The molecule has 0 unspecified atom stereocenters. The smallest absolute Gasteiger partial charge is 0.264 e. The van der Waals surface area contributed by atoms with Crippen LogP contribution in [0, 0.1) is 12.7 Å². The van der Waals surface area contributed by atoms with Gasteiger partial charge in [-0.05, 0) is 42.1 Å². The van der Waals surface area contributed by atoms with E-state index in [9.17, 15) is 9.18 Å². The first kappa shape index (κ1) is 16.9. The fourth-order valence-electron chi connectivity index (χ4n) is 2.96. The molecule has 1 amide bonds. The van der Waals surface area contributed by atoms with Crippen molar-refractivity contribution in [3.05, 3.63) is 51.5 Å². The van der Waals surface area contributed by atoms with Crippen LogP contribution in [0.25, 0.3) is 0 Å². The number of carbonyl (C=O) groups excluding carboxylic acids is 1. The predicted molar refractivity (Wildman–Crippen MR) is 93.2 cm³/mol. The molecule has 2 heterocycles. The molecular weight excluding hydrogens is 327 g/mol. The lowest BCUT2D eigenvalue weighted by Crippen LogP contribution is -2.48. The summed E-state index contributed by atoms with van der Waals surface area (Å²) in [5, 5.41) is 1.95. The van der Waals surface area contributed by atoms with E-state index in [4.69, 9.17) is 4.74 Å². The molecule has 24 heavy (non-hydrogen) atoms. The van der Waals surface area contributed by atoms with Gasteiger partial charge in [-0.25, -0.2) is 4.39 Å². The molecule has 0 atom stereocenters. The van der Waals surface area contributed by atoms with Crippen molar-refractivity contribution in [2.45, 2.75) is 13.5 Å². The SMILES string of the molecule is COc1ccc(F)cc1CN1CCN(C(=O)c2sccc2C)CC1. The molecular formula is C18H21FN2O2S. The van der Waals surface area contributed by atoms with Crippen molar-refractivity contribution in [3.63, 3.8) is 0 Å². The molecule has 1 aliphatic rings. The fraction of sp³-hybridized carbons (Fsp3) is 0.389. The molecule has 128 valence electrons. The minimum atomic E-state index is -0.257. The summed E-state index contributed by atoms with van der Waals surface area (Å²) in [6.45, 7) is 5.52. The second kappa shape index (κ2) is 7.32. The summed E-state index contributed by atoms with van der Waals surface area (Å²) in [5.41, 5.74) is 1.88. The second-order valence-electron chi connectivity index (χ2n) is 5.96. The summed E-state index contributed by atoms with van der Waals surface area (Å²) in [7, 11) is 1.59. The lowest BCUT2D eigenvalue weighted by atomic mass is 10.1. The van der Waals surface area contributed by atoms with Crippen molar-refractivity contribution in [1.29, 1.82) is 0 Å². The molecule has 1 aromatic heterocycles. The Balaban J connectivity index is 1.61. The number of hydrogen-bond donors (Lipinski definition) is 0. The van der Waals surface area contributed by atoms with Gasteiger partial charge < -0.3 is 9.64 Å². The van der Waals surface area contributed by atoms with Gasteiger partial charge in [-0.3, -0.25) is 9.69 Å². The number of rotatable bonds is 4. The summed E-state index contributed by atoms with van der Waals surface area (Å²) >= 11 is 1.50. The maximum atomic E-state index is 13.5. The highest BCUT2D eigenvalue weighted by Gasteiger charge is 2.24. The summed E-state index contributed by atoms with van der Waals surface area (Å²) < 4.78 is 18.8. The van der Waals surface area contributed by atoms with Crippen molar-refractivity contribution >= 4 is 17.2 Å². The Bertz CT molecular complexity index is 724. The van der Waals surface area contributed by atoms with Crippen LogP contribution in [0.5, 0.6) is 5.75 Å². The van der Waals surface area contributed by atoms with Crippen LogP contribution in [0.4, 0.5) is 4.39 Å². The quantitative estimate of drug-likeness (QED) is 0.851. The Morgan fingerprint density at radius 3 is 2.62 bits per heavy atom. The number of piperazine rings is 1. The third-order valence-corrected chi connectivity index (χ3v) is 5.36. The summed E-state index contributed by atoms with van der Waals surface area (Å²) in [4.78, 5) is 17.5. The van der Waals surface area contributed by atoms with Crippen LogP contribution in [0.1, 0.15) is 20.8 Å². The van der Waals surface area contributed by atoms with Crippen LogP contribution in [-0.2, 0) is 6.54 Å². The van der Waals surface area contributed by atoms with Crippen molar-refractivity contribution in [2.24, 2.45) is 0 Å². The number of halogens is 1. The highest BCUT2D eigenvalue weighted by Crippen LogP contribution is 2.23. The normalized spacial score (nSPS) is 15.5. The zero-order valence-electron chi connectivity index (χ0n) is 13.9. The molecule has 4 nitrogen and oxygen atoms in total. The molecule has 1 saturated heterocycles. The van der Waals surface area contributed by atoms with Crippen LogP contribution < -0.4 is 4.74 Å². The Hall–Kier alpha value is -1.92. The minimum absolute atomic E-state index is 0.116. The first-order chi connectivity index (χ1) is 11.6. The van der Waals surface area contributed by atoms with Gasteiger partial charge in [0.1, 0.15) is 11.6 Å². The van der Waals surface area contributed by atoms with Crippen molar-refractivity contribution in [1.82, 2.24) is 9.80 Å². The number of ether oxygens (including phenoxy) is 1. The van der Waals surface area contributed by atoms with Crippen LogP contribution in [0.3, 0.4) is 0 Å². The standard InChI is InChI=1S/C18H21FN2O2S/c1-13-5-10-24-17(13)18(22)21-8-6-20(7-9-21)12-14-11-15(19)3-4-16(14)23-2/h3-5,10-11H,6-9,12H2,1-2H3. The van der Waals surface area contributed by atoms with E-state index in [1.807, 2.05) is 23.3 Å². The second-order valence-corrected chi connectivity index (χ2v) is 6.87. The number of aryl methyl sites for hydroxylation is 1. The van der Waals surface area contributed by atoms with E-state index < -0.39 is 0 Å². The van der Waals surface area contributed by atoms with Gasteiger partial charge in [-0.15, -0.1) is 11.3 Å². The molecule has 0 bridgehead atoms. The molecule has 0 N–H and O–H groups in total. The average Bonchev–Trinajstić information content (AvgIpc) is 3.01. The van der Waals surface area contributed by atoms with E-state index in [1.54, 1.807) is 13.2 Å². The third-order valence-electron chi connectivity index (χ3n) is 4.35. The van der Waals surface area contributed by atoms with E-state index >= 15 is 0 Å². The topological polar surface area (TPSA) is 32.8 Å². The van der Waals surface area contributed by atoms with Crippen LogP contribution in [-0.4, -0.2) is 49.0 Å². The van der Waals surface area contributed by atoms with Crippen LogP contribution >= 0.6 is 11.3 Å². The number of hydrogen-bond acceptors (Lipinski definition) is 4. The average molecular weight is 348 g/mol. The monoisotopic (exact) mass is 348 g/mol. The molecule has 1 fully saturated rings. The maximum absolute atomic E-state index is 13.5. The Labute approximate surface area is 145 Å². The first-order valence-electron chi connectivity index (χ1n) is 7.96. The molecule has 0 aliphatic carbocycles. The van der Waals surface area contributed by atoms with Crippen molar-refractivity contribution in [2.75, 3.05) is 33.3 Å². The number of carbonyl (C=O) groups is 1. The lowest BCUT2D eigenvalue weighted by molar-refractivity contribution is 0.0631. The number of nitrogens with zero attached hydrogens (tertiary/aromatic N) is 2. The van der Waals surface area contributed by atoms with Gasteiger partial charge >= 0.3 is 0 Å². The van der Waals surface area contributed by atoms with E-state index in [1.165, 1.54) is 23.5 Å². The molecule has 1 aromatic carbocycles. The number of amides is 1. The number of methoxy groups -OCH3 is 1. The molecule has 0 saturated carbocycles. The number of benzene rings is 1. The summed E-state index contributed by atoms with van der Waals surface area (Å²) in [6, 6.07) is 6.56. The molecule has 0 radical (unpaired) electrons. The zero-order chi connectivity index (χ0) is 17.1. The van der Waals surface area contributed by atoms with E-state index in [0.717, 1.165) is 29.1 Å². The Kier molecular flexibility index (Phi) is 5.16. The Morgan fingerprint density at radius 1 is 1.25 bits per heavy atom. The lowest BCUT2D eigenvalue weighted by Gasteiger charge is -2.34. The fourth-order valence-corrected chi connectivity index (χ4v) is 3.85. The maximum Gasteiger partial charge on any atom is 0.264 e. The van der Waals surface area contributed by atoms with E-state index in [0.29, 0.717) is 25.4 Å².